The van der Waals surface area contributed by atoms with E-state index in [1.54, 1.807) is 0 Å². The number of aromatic nitrogens is 2. The summed E-state index contributed by atoms with van der Waals surface area (Å²) in [5.74, 6) is -0.208. The Morgan fingerprint density at radius 1 is 1.19 bits per heavy atom. The van der Waals surface area contributed by atoms with Crippen molar-refractivity contribution in [2.75, 3.05) is 26.5 Å². The first-order valence-corrected chi connectivity index (χ1v) is 11.4. The van der Waals surface area contributed by atoms with Gasteiger partial charge in [0.15, 0.2) is 5.01 Å². The molecule has 0 atom stereocenters. The van der Waals surface area contributed by atoms with Gasteiger partial charge in [-0.2, -0.15) is 13.2 Å². The molecule has 7 nitrogen and oxygen atoms in total. The molecule has 1 aliphatic heterocycles. The maximum Gasteiger partial charge on any atom is 0.419 e. The van der Waals surface area contributed by atoms with Crippen LogP contribution in [0.2, 0.25) is 0 Å². The van der Waals surface area contributed by atoms with Gasteiger partial charge in [0.1, 0.15) is 12.5 Å². The fourth-order valence-electron chi connectivity index (χ4n) is 3.14. The number of rotatable bonds is 10. The molecule has 0 bridgehead atoms. The number of carbonyl (C=O) groups excluding carboxylic acids is 1. The number of nitrogens with zero attached hydrogens (tertiary/aromatic N) is 3. The van der Waals surface area contributed by atoms with E-state index in [2.05, 4.69) is 17.1 Å². The molecule has 1 aliphatic rings. The van der Waals surface area contributed by atoms with Gasteiger partial charge in [-0.25, -0.2) is 4.79 Å². The highest BCUT2D eigenvalue weighted by Crippen LogP contribution is 2.40. The Labute approximate surface area is 188 Å². The average molecular weight is 474 g/mol. The largest absolute Gasteiger partial charge is 0.493 e. The highest BCUT2D eigenvalue weighted by molar-refractivity contribution is 7.16. The van der Waals surface area contributed by atoms with Crippen LogP contribution in [0.25, 0.3) is 10.6 Å². The summed E-state index contributed by atoms with van der Waals surface area (Å²) in [6, 6.07) is 3.77. The van der Waals surface area contributed by atoms with Gasteiger partial charge in [-0.15, -0.1) is 5.10 Å². The minimum atomic E-state index is -4.58. The molecule has 1 amide bonds. The van der Waals surface area contributed by atoms with Crippen molar-refractivity contribution in [2.24, 2.45) is 0 Å². The quantitative estimate of drug-likeness (QED) is 0.409. The molecule has 0 spiro atoms. The third-order valence-electron chi connectivity index (χ3n) is 4.88. The van der Waals surface area contributed by atoms with E-state index in [0.717, 1.165) is 43.1 Å². The molecule has 0 unspecified atom stereocenters. The van der Waals surface area contributed by atoms with Crippen molar-refractivity contribution in [1.82, 2.24) is 15.1 Å². The topological polar surface area (TPSA) is 73.8 Å². The lowest BCUT2D eigenvalue weighted by Gasteiger charge is -2.15. The van der Waals surface area contributed by atoms with E-state index in [4.69, 9.17) is 14.2 Å². The Hall–Kier alpha value is -2.40. The van der Waals surface area contributed by atoms with Crippen LogP contribution in [0.4, 0.5) is 18.0 Å². The normalized spacial score (nSPS) is 14.1. The zero-order valence-corrected chi connectivity index (χ0v) is 18.6. The van der Waals surface area contributed by atoms with Gasteiger partial charge in [0.25, 0.3) is 0 Å². The minimum Gasteiger partial charge on any atom is -0.493 e. The Balaban J connectivity index is 1.63. The fourth-order valence-corrected chi connectivity index (χ4v) is 3.83. The van der Waals surface area contributed by atoms with E-state index >= 15 is 0 Å². The molecular weight excluding hydrogens is 447 g/mol. The molecule has 1 aromatic heterocycles. The number of alkyl halides is 3. The molecule has 3 rings (SSSR count). The van der Waals surface area contributed by atoms with Crippen molar-refractivity contribution in [2.45, 2.75) is 51.6 Å². The summed E-state index contributed by atoms with van der Waals surface area (Å²) < 4.78 is 56.5. The first-order chi connectivity index (χ1) is 15.4. The van der Waals surface area contributed by atoms with Crippen LogP contribution in [0, 0.1) is 0 Å². The summed E-state index contributed by atoms with van der Waals surface area (Å²) in [5.41, 5.74) is -0.655. The van der Waals surface area contributed by atoms with Gasteiger partial charge in [-0.05, 0) is 24.6 Å². The molecule has 176 valence electrons. The SMILES string of the molecule is CCCCCCCCOc1ccc(-c2nnc(OC(=O)N3CCOC3)s2)cc1C(F)(F)F. The first-order valence-electron chi connectivity index (χ1n) is 10.6. The van der Waals surface area contributed by atoms with Crippen LogP contribution in [0.1, 0.15) is 51.0 Å². The lowest BCUT2D eigenvalue weighted by Crippen LogP contribution is -2.31. The lowest BCUT2D eigenvalue weighted by molar-refractivity contribution is -0.138. The van der Waals surface area contributed by atoms with Gasteiger partial charge in [0, 0.05) is 12.1 Å². The molecule has 0 N–H and O–H groups in total. The summed E-state index contributed by atoms with van der Waals surface area (Å²) in [4.78, 5) is 13.3. The van der Waals surface area contributed by atoms with E-state index in [9.17, 15) is 18.0 Å². The van der Waals surface area contributed by atoms with Crippen LogP contribution in [-0.2, 0) is 10.9 Å². The van der Waals surface area contributed by atoms with Crippen LogP contribution in [-0.4, -0.2) is 47.7 Å². The zero-order chi connectivity index (χ0) is 23.0. The van der Waals surface area contributed by atoms with Crippen molar-refractivity contribution < 1.29 is 32.2 Å². The molecule has 32 heavy (non-hydrogen) atoms. The van der Waals surface area contributed by atoms with Crippen molar-refractivity contribution in [1.29, 1.82) is 0 Å². The average Bonchev–Trinajstić information content (AvgIpc) is 3.45. The summed E-state index contributed by atoms with van der Waals surface area (Å²) in [7, 11) is 0. The van der Waals surface area contributed by atoms with Gasteiger partial charge < -0.3 is 14.2 Å². The number of unbranched alkanes of at least 4 members (excludes halogenated alkanes) is 5. The van der Waals surface area contributed by atoms with E-state index in [1.807, 2.05) is 0 Å². The van der Waals surface area contributed by atoms with E-state index in [0.29, 0.717) is 19.6 Å². The second-order valence-electron chi connectivity index (χ2n) is 7.37. The van der Waals surface area contributed by atoms with Crippen molar-refractivity contribution in [3.8, 4) is 21.5 Å². The Morgan fingerprint density at radius 2 is 1.97 bits per heavy atom. The first kappa shape index (κ1) is 24.2. The van der Waals surface area contributed by atoms with Gasteiger partial charge >= 0.3 is 17.5 Å². The van der Waals surface area contributed by atoms with Gasteiger partial charge in [-0.3, -0.25) is 4.90 Å². The predicted octanol–water partition coefficient (Wildman–Crippen LogP) is 5.75. The second kappa shape index (κ2) is 11.5. The third-order valence-corrected chi connectivity index (χ3v) is 5.73. The summed E-state index contributed by atoms with van der Waals surface area (Å²) in [6.45, 7) is 3.31. The summed E-state index contributed by atoms with van der Waals surface area (Å²) >= 11 is 0.888. The van der Waals surface area contributed by atoms with Crippen LogP contribution in [0.3, 0.4) is 0 Å². The Morgan fingerprint density at radius 3 is 2.69 bits per heavy atom. The number of ether oxygens (including phenoxy) is 3. The summed E-state index contributed by atoms with van der Waals surface area (Å²) in [5, 5.41) is 7.78. The minimum absolute atomic E-state index is 0.0474. The molecule has 1 aromatic carbocycles. The standard InChI is InChI=1S/C21H26F3N3O4S/c1-2-3-4-5-6-7-11-30-17-9-8-15(13-16(17)21(22,23)24)18-25-26-19(32-18)31-20(28)27-10-12-29-14-27/h8-9,13H,2-7,10-12,14H2,1H3. The van der Waals surface area contributed by atoms with Crippen molar-refractivity contribution >= 4 is 17.4 Å². The van der Waals surface area contributed by atoms with E-state index in [1.165, 1.54) is 23.5 Å². The van der Waals surface area contributed by atoms with Gasteiger partial charge in [0.05, 0.1) is 18.8 Å². The lowest BCUT2D eigenvalue weighted by atomic mass is 10.1. The fraction of sp³-hybridized carbons (Fsp3) is 0.571. The maximum atomic E-state index is 13.6. The van der Waals surface area contributed by atoms with E-state index in [-0.39, 0.29) is 34.9 Å². The van der Waals surface area contributed by atoms with Crippen LogP contribution < -0.4 is 9.47 Å². The Bertz CT molecular complexity index is 885. The number of amides is 1. The smallest absolute Gasteiger partial charge is 0.419 e. The summed E-state index contributed by atoms with van der Waals surface area (Å²) in [6.07, 6.45) is 0.900. The highest BCUT2D eigenvalue weighted by atomic mass is 32.1. The number of halogens is 3. The molecule has 2 heterocycles. The third kappa shape index (κ3) is 6.80. The van der Waals surface area contributed by atoms with Gasteiger partial charge in [-0.1, -0.05) is 55.5 Å². The zero-order valence-electron chi connectivity index (χ0n) is 17.8. The van der Waals surface area contributed by atoms with Crippen LogP contribution in [0.15, 0.2) is 18.2 Å². The number of benzene rings is 1. The van der Waals surface area contributed by atoms with Crippen molar-refractivity contribution in [3.63, 3.8) is 0 Å². The molecular formula is C21H26F3N3O4S. The van der Waals surface area contributed by atoms with E-state index < -0.39 is 17.8 Å². The Kier molecular flexibility index (Phi) is 8.68. The van der Waals surface area contributed by atoms with Crippen molar-refractivity contribution in [3.05, 3.63) is 23.8 Å². The number of hydrogen-bond acceptors (Lipinski definition) is 7. The molecule has 0 radical (unpaired) electrons. The maximum absolute atomic E-state index is 13.6. The molecule has 1 saturated heterocycles. The highest BCUT2D eigenvalue weighted by Gasteiger charge is 2.35. The molecule has 0 aliphatic carbocycles. The molecule has 11 heteroatoms. The molecule has 1 fully saturated rings. The van der Waals surface area contributed by atoms with Gasteiger partial charge in [0.2, 0.25) is 0 Å². The van der Waals surface area contributed by atoms with Crippen LogP contribution >= 0.6 is 11.3 Å². The molecule has 2 aromatic rings. The van der Waals surface area contributed by atoms with Crippen LogP contribution in [0.5, 0.6) is 10.9 Å². The predicted molar refractivity (Wildman–Crippen MR) is 113 cm³/mol. The number of hydrogen-bond donors (Lipinski definition) is 0. The monoisotopic (exact) mass is 473 g/mol. The second-order valence-corrected chi connectivity index (χ2v) is 8.31. The molecule has 0 saturated carbocycles. The number of carbonyl (C=O) groups is 1.